The van der Waals surface area contributed by atoms with Gasteiger partial charge >= 0.3 is 5.97 Å². The monoisotopic (exact) mass is 283 g/mol. The van der Waals surface area contributed by atoms with Crippen LogP contribution in [0.15, 0.2) is 18.2 Å². The number of likely N-dealkylation sites (tertiary alicyclic amines) is 1. The van der Waals surface area contributed by atoms with Gasteiger partial charge in [-0.05, 0) is 50.6 Å². The quantitative estimate of drug-likeness (QED) is 0.923. The highest BCUT2D eigenvalue weighted by molar-refractivity contribution is 5.78. The molecule has 1 aliphatic rings. The second-order valence-electron chi connectivity index (χ2n) is 5.55. The molecule has 3 nitrogen and oxygen atoms in total. The number of carboxylic acid groups (broad SMARTS) is 1. The van der Waals surface area contributed by atoms with Gasteiger partial charge in [0.1, 0.15) is 5.54 Å². The first kappa shape index (κ1) is 14.9. The maximum Gasteiger partial charge on any atom is 0.324 e. The van der Waals surface area contributed by atoms with E-state index in [-0.39, 0.29) is 6.42 Å². The number of carboxylic acids is 1. The molecule has 1 aliphatic heterocycles. The molecule has 110 valence electrons. The van der Waals surface area contributed by atoms with Crippen molar-refractivity contribution in [2.75, 3.05) is 13.1 Å². The Morgan fingerprint density at radius 3 is 2.45 bits per heavy atom. The van der Waals surface area contributed by atoms with Crippen LogP contribution >= 0.6 is 0 Å². The van der Waals surface area contributed by atoms with Crippen LogP contribution < -0.4 is 0 Å². The molecule has 2 rings (SSSR count). The summed E-state index contributed by atoms with van der Waals surface area (Å²) in [4.78, 5) is 13.6. The van der Waals surface area contributed by atoms with Crippen LogP contribution in [0.25, 0.3) is 0 Å². The zero-order valence-electron chi connectivity index (χ0n) is 11.5. The summed E-state index contributed by atoms with van der Waals surface area (Å²) in [5, 5.41) is 9.56. The molecule has 0 aromatic heterocycles. The lowest BCUT2D eigenvalue weighted by atomic mass is 9.89. The molecule has 0 spiro atoms. The molecule has 20 heavy (non-hydrogen) atoms. The van der Waals surface area contributed by atoms with E-state index in [0.717, 1.165) is 44.5 Å². The van der Waals surface area contributed by atoms with Gasteiger partial charge in [-0.2, -0.15) is 0 Å². The van der Waals surface area contributed by atoms with E-state index in [1.807, 2.05) is 4.90 Å². The summed E-state index contributed by atoms with van der Waals surface area (Å²) < 4.78 is 26.2. The van der Waals surface area contributed by atoms with Gasteiger partial charge in [-0.3, -0.25) is 9.69 Å². The Morgan fingerprint density at radius 2 is 1.90 bits per heavy atom. The maximum atomic E-state index is 13.3. The minimum Gasteiger partial charge on any atom is -0.480 e. The maximum absolute atomic E-state index is 13.3. The number of carbonyl (C=O) groups is 1. The summed E-state index contributed by atoms with van der Waals surface area (Å²) in [7, 11) is 0. The standard InChI is InChI=1S/C15H19F2NO2/c1-15(14(19)20,18-7-3-2-4-8-18)10-11-5-6-12(16)13(17)9-11/h5-6,9H,2-4,7-8,10H2,1H3,(H,19,20). The molecule has 0 bridgehead atoms. The van der Waals surface area contributed by atoms with E-state index in [2.05, 4.69) is 0 Å². The molecule has 1 fully saturated rings. The number of hydrogen-bond donors (Lipinski definition) is 1. The van der Waals surface area contributed by atoms with Gasteiger partial charge in [0.15, 0.2) is 11.6 Å². The van der Waals surface area contributed by atoms with Gasteiger partial charge in [-0.25, -0.2) is 8.78 Å². The summed E-state index contributed by atoms with van der Waals surface area (Å²) in [6, 6.07) is 3.58. The summed E-state index contributed by atoms with van der Waals surface area (Å²) in [5.41, 5.74) is -0.579. The summed E-state index contributed by atoms with van der Waals surface area (Å²) in [6.45, 7) is 3.11. The Bertz CT molecular complexity index is 501. The van der Waals surface area contributed by atoms with Crippen LogP contribution in [0.1, 0.15) is 31.7 Å². The smallest absolute Gasteiger partial charge is 0.324 e. The van der Waals surface area contributed by atoms with Crippen molar-refractivity contribution in [1.29, 1.82) is 0 Å². The molecular formula is C15H19F2NO2. The van der Waals surface area contributed by atoms with Crippen molar-refractivity contribution in [3.8, 4) is 0 Å². The van der Waals surface area contributed by atoms with Crippen LogP contribution in [0.4, 0.5) is 8.78 Å². The lowest BCUT2D eigenvalue weighted by Crippen LogP contribution is -2.55. The fourth-order valence-electron chi connectivity index (χ4n) is 2.76. The van der Waals surface area contributed by atoms with Crippen molar-refractivity contribution >= 4 is 5.97 Å². The van der Waals surface area contributed by atoms with E-state index in [1.165, 1.54) is 6.07 Å². The minimum absolute atomic E-state index is 0.166. The lowest BCUT2D eigenvalue weighted by molar-refractivity contribution is -0.151. The molecule has 0 saturated carbocycles. The third-order valence-electron chi connectivity index (χ3n) is 4.05. The first-order chi connectivity index (χ1) is 9.43. The number of halogens is 2. The van der Waals surface area contributed by atoms with Crippen molar-refractivity contribution in [3.63, 3.8) is 0 Å². The highest BCUT2D eigenvalue weighted by Gasteiger charge is 2.40. The number of aliphatic carboxylic acids is 1. The molecule has 5 heteroatoms. The third kappa shape index (κ3) is 2.98. The van der Waals surface area contributed by atoms with Crippen LogP contribution in [0.5, 0.6) is 0 Å². The van der Waals surface area contributed by atoms with Gasteiger partial charge in [0, 0.05) is 6.42 Å². The second-order valence-corrected chi connectivity index (χ2v) is 5.55. The van der Waals surface area contributed by atoms with Crippen molar-refractivity contribution < 1.29 is 18.7 Å². The Labute approximate surface area is 117 Å². The molecule has 0 aliphatic carbocycles. The van der Waals surface area contributed by atoms with E-state index in [9.17, 15) is 18.7 Å². The highest BCUT2D eigenvalue weighted by Crippen LogP contribution is 2.26. The molecule has 1 aromatic carbocycles. The normalized spacial score (nSPS) is 19.6. The van der Waals surface area contributed by atoms with Crippen molar-refractivity contribution in [2.24, 2.45) is 0 Å². The number of piperidine rings is 1. The number of rotatable bonds is 4. The van der Waals surface area contributed by atoms with Gasteiger partial charge in [0.2, 0.25) is 0 Å². The number of hydrogen-bond acceptors (Lipinski definition) is 2. The fourth-order valence-corrected chi connectivity index (χ4v) is 2.76. The fraction of sp³-hybridized carbons (Fsp3) is 0.533. The zero-order chi connectivity index (χ0) is 14.8. The van der Waals surface area contributed by atoms with Crippen molar-refractivity contribution in [3.05, 3.63) is 35.4 Å². The van der Waals surface area contributed by atoms with Crippen LogP contribution in [0, 0.1) is 11.6 Å². The predicted molar refractivity (Wildman–Crippen MR) is 71.5 cm³/mol. The summed E-state index contributed by atoms with van der Waals surface area (Å²) in [6.07, 6.45) is 3.22. The summed E-state index contributed by atoms with van der Waals surface area (Å²) in [5.74, 6) is -2.78. The van der Waals surface area contributed by atoms with Gasteiger partial charge in [0.05, 0.1) is 0 Å². The van der Waals surface area contributed by atoms with Gasteiger partial charge < -0.3 is 5.11 Å². The number of benzene rings is 1. The van der Waals surface area contributed by atoms with Crippen molar-refractivity contribution in [1.82, 2.24) is 4.90 Å². The van der Waals surface area contributed by atoms with E-state index >= 15 is 0 Å². The molecule has 1 aromatic rings. The predicted octanol–water partition coefficient (Wildman–Crippen LogP) is 2.84. The molecule has 1 heterocycles. The Morgan fingerprint density at radius 1 is 1.25 bits per heavy atom. The van der Waals surface area contributed by atoms with E-state index < -0.39 is 23.1 Å². The average molecular weight is 283 g/mol. The van der Waals surface area contributed by atoms with E-state index in [1.54, 1.807) is 6.92 Å². The Hall–Kier alpha value is -1.49. The van der Waals surface area contributed by atoms with Crippen LogP contribution in [0.3, 0.4) is 0 Å². The van der Waals surface area contributed by atoms with Crippen LogP contribution in [-0.2, 0) is 11.2 Å². The second kappa shape index (κ2) is 5.87. The third-order valence-corrected chi connectivity index (χ3v) is 4.05. The molecule has 1 atom stereocenters. The number of nitrogens with zero attached hydrogens (tertiary/aromatic N) is 1. The molecule has 0 amide bonds. The van der Waals surface area contributed by atoms with Gasteiger partial charge in [-0.1, -0.05) is 12.5 Å². The molecule has 1 N–H and O–H groups in total. The van der Waals surface area contributed by atoms with Crippen LogP contribution in [0.2, 0.25) is 0 Å². The summed E-state index contributed by atoms with van der Waals surface area (Å²) >= 11 is 0. The Kier molecular flexibility index (Phi) is 4.38. The first-order valence-corrected chi connectivity index (χ1v) is 6.86. The van der Waals surface area contributed by atoms with Gasteiger partial charge in [-0.15, -0.1) is 0 Å². The minimum atomic E-state index is -1.08. The van der Waals surface area contributed by atoms with Gasteiger partial charge in [0.25, 0.3) is 0 Å². The van der Waals surface area contributed by atoms with Crippen molar-refractivity contribution in [2.45, 2.75) is 38.1 Å². The Balaban J connectivity index is 2.23. The lowest BCUT2D eigenvalue weighted by Gasteiger charge is -2.40. The molecular weight excluding hydrogens is 264 g/mol. The zero-order valence-corrected chi connectivity index (χ0v) is 11.5. The first-order valence-electron chi connectivity index (χ1n) is 6.86. The molecule has 1 unspecified atom stereocenters. The van der Waals surface area contributed by atoms with E-state index in [0.29, 0.717) is 5.56 Å². The van der Waals surface area contributed by atoms with Crippen LogP contribution in [-0.4, -0.2) is 34.6 Å². The molecule has 0 radical (unpaired) electrons. The largest absolute Gasteiger partial charge is 0.480 e. The highest BCUT2D eigenvalue weighted by atomic mass is 19.2. The topological polar surface area (TPSA) is 40.5 Å². The van der Waals surface area contributed by atoms with E-state index in [4.69, 9.17) is 0 Å². The average Bonchev–Trinajstić information content (AvgIpc) is 2.43. The SMILES string of the molecule is CC(Cc1ccc(F)c(F)c1)(C(=O)O)N1CCCCC1. The molecule has 1 saturated heterocycles.